The second-order valence-electron chi connectivity index (χ2n) is 29.4. The van der Waals surface area contributed by atoms with Crippen LogP contribution in [0.2, 0.25) is 0 Å². The Labute approximate surface area is 600 Å². The fourth-order valence-electron chi connectivity index (χ4n) is 12.2. The van der Waals surface area contributed by atoms with Crippen LogP contribution in [0.4, 0.5) is 0 Å². The normalized spacial score (nSPS) is 13.9. The van der Waals surface area contributed by atoms with Crippen molar-refractivity contribution in [2.24, 2.45) is 11.8 Å². The van der Waals surface area contributed by atoms with Gasteiger partial charge in [-0.05, 0) is 37.5 Å². The van der Waals surface area contributed by atoms with Crippen molar-refractivity contribution in [3.8, 4) is 0 Å². The number of carbonyl (C=O) groups is 4. The number of phosphoric ester groups is 2. The molecule has 0 aromatic heterocycles. The summed E-state index contributed by atoms with van der Waals surface area (Å²) in [6.07, 6.45) is 59.9. The van der Waals surface area contributed by atoms with Crippen LogP contribution in [-0.4, -0.2) is 96.7 Å². The molecule has 0 heterocycles. The van der Waals surface area contributed by atoms with Gasteiger partial charge in [0.05, 0.1) is 26.4 Å². The molecule has 98 heavy (non-hydrogen) atoms. The first-order valence-electron chi connectivity index (χ1n) is 41.0. The minimum absolute atomic E-state index is 0.104. The Morgan fingerprint density at radius 3 is 0.694 bits per heavy atom. The summed E-state index contributed by atoms with van der Waals surface area (Å²) in [5.41, 5.74) is 0. The molecule has 19 heteroatoms. The largest absolute Gasteiger partial charge is 0.472 e. The van der Waals surface area contributed by atoms with Crippen LogP contribution in [0.3, 0.4) is 0 Å². The second kappa shape index (κ2) is 70.7. The van der Waals surface area contributed by atoms with Crippen LogP contribution in [0.5, 0.6) is 0 Å². The number of aliphatic hydroxyl groups is 1. The lowest BCUT2D eigenvalue weighted by molar-refractivity contribution is -0.161. The number of aliphatic hydroxyl groups excluding tert-OH is 1. The highest BCUT2D eigenvalue weighted by Crippen LogP contribution is 2.45. The van der Waals surface area contributed by atoms with Gasteiger partial charge >= 0.3 is 39.5 Å². The predicted octanol–water partition coefficient (Wildman–Crippen LogP) is 23.5. The van der Waals surface area contributed by atoms with Crippen LogP contribution >= 0.6 is 15.6 Å². The summed E-state index contributed by atoms with van der Waals surface area (Å²) in [7, 11) is -9.91. The molecule has 0 saturated heterocycles. The van der Waals surface area contributed by atoms with Crippen molar-refractivity contribution in [1.29, 1.82) is 0 Å². The van der Waals surface area contributed by atoms with Crippen molar-refractivity contribution in [1.82, 2.24) is 0 Å². The van der Waals surface area contributed by atoms with Crippen LogP contribution in [0.1, 0.15) is 414 Å². The molecule has 0 radical (unpaired) electrons. The highest BCUT2D eigenvalue weighted by atomic mass is 31.2. The van der Waals surface area contributed by atoms with Gasteiger partial charge in [0, 0.05) is 25.7 Å². The van der Waals surface area contributed by atoms with Gasteiger partial charge < -0.3 is 33.8 Å². The van der Waals surface area contributed by atoms with E-state index in [0.717, 1.165) is 102 Å². The Balaban J connectivity index is 5.21. The van der Waals surface area contributed by atoms with Gasteiger partial charge in [0.2, 0.25) is 0 Å². The Kier molecular flexibility index (Phi) is 69.3. The molecule has 0 bridgehead atoms. The molecule has 0 aromatic carbocycles. The average Bonchev–Trinajstić information content (AvgIpc) is 2.22. The zero-order valence-corrected chi connectivity index (χ0v) is 65.9. The lowest BCUT2D eigenvalue weighted by Gasteiger charge is -2.21. The Morgan fingerprint density at radius 2 is 0.469 bits per heavy atom. The van der Waals surface area contributed by atoms with Crippen LogP contribution in [0, 0.1) is 11.8 Å². The topological polar surface area (TPSA) is 237 Å². The molecule has 5 atom stereocenters. The minimum atomic E-state index is -4.96. The van der Waals surface area contributed by atoms with E-state index in [-0.39, 0.29) is 25.7 Å². The monoisotopic (exact) mass is 1440 g/mol. The molecule has 0 aliphatic rings. The van der Waals surface area contributed by atoms with Gasteiger partial charge in [0.1, 0.15) is 19.3 Å². The summed E-state index contributed by atoms with van der Waals surface area (Å²) >= 11 is 0. The van der Waals surface area contributed by atoms with Crippen LogP contribution in [0.25, 0.3) is 0 Å². The molecule has 0 aliphatic carbocycles. The molecule has 0 fully saturated rings. The van der Waals surface area contributed by atoms with E-state index in [4.69, 9.17) is 37.0 Å². The van der Waals surface area contributed by atoms with Gasteiger partial charge in [-0.15, -0.1) is 0 Å². The van der Waals surface area contributed by atoms with E-state index in [0.29, 0.717) is 31.6 Å². The van der Waals surface area contributed by atoms with E-state index in [1.54, 1.807) is 0 Å². The second-order valence-corrected chi connectivity index (χ2v) is 32.3. The van der Waals surface area contributed by atoms with E-state index in [2.05, 4.69) is 41.5 Å². The number of esters is 4. The maximum atomic E-state index is 13.1. The summed E-state index contributed by atoms with van der Waals surface area (Å²) in [6, 6.07) is 0. The predicted molar refractivity (Wildman–Crippen MR) is 400 cm³/mol. The van der Waals surface area contributed by atoms with Gasteiger partial charge in [-0.1, -0.05) is 363 Å². The smallest absolute Gasteiger partial charge is 0.462 e. The fraction of sp³-hybridized carbons (Fsp3) is 0.949. The van der Waals surface area contributed by atoms with E-state index in [1.165, 1.54) is 225 Å². The molecule has 0 rings (SSSR count). The van der Waals surface area contributed by atoms with Crippen molar-refractivity contribution in [2.45, 2.75) is 432 Å². The first kappa shape index (κ1) is 96.1. The highest BCUT2D eigenvalue weighted by molar-refractivity contribution is 7.47. The maximum absolute atomic E-state index is 13.1. The fourth-order valence-corrected chi connectivity index (χ4v) is 13.8. The third-order valence-electron chi connectivity index (χ3n) is 18.5. The number of rotatable bonds is 78. The van der Waals surface area contributed by atoms with Crippen molar-refractivity contribution in [3.63, 3.8) is 0 Å². The lowest BCUT2D eigenvalue weighted by Crippen LogP contribution is -2.30. The van der Waals surface area contributed by atoms with Crippen LogP contribution < -0.4 is 0 Å². The van der Waals surface area contributed by atoms with Crippen LogP contribution in [0.15, 0.2) is 0 Å². The molecule has 3 N–H and O–H groups in total. The van der Waals surface area contributed by atoms with Gasteiger partial charge in [-0.2, -0.15) is 0 Å². The number of hydrogen-bond acceptors (Lipinski definition) is 15. The number of ether oxygens (including phenoxy) is 4. The standard InChI is InChI=1S/C79H154O17P2/c1-7-9-11-13-15-17-19-21-23-25-26-27-29-31-33-35-37-44-51-57-63-78(83)95-74(67-89-76(81)61-55-49-43-36-34-32-30-28-24-22-20-18-16-14-12-10-8-2)69-93-97(85,86)91-65-73(80)66-92-98(87,88)94-70-75(68-90-77(82)62-56-50-46-40-42-48-54-60-72(5)6)96-79(84)64-58-52-45-39-38-41-47-53-59-71(3)4/h71-75,80H,7-70H2,1-6H3,(H,85,86)(H,87,88)/t73-,74-,75-/m1/s1. The molecule has 0 aliphatic heterocycles. The maximum Gasteiger partial charge on any atom is 0.472 e. The molecular weight excluding hydrogens is 1280 g/mol. The van der Waals surface area contributed by atoms with Gasteiger partial charge in [-0.3, -0.25) is 37.3 Å². The van der Waals surface area contributed by atoms with E-state index < -0.39 is 97.5 Å². The van der Waals surface area contributed by atoms with E-state index in [9.17, 15) is 43.2 Å². The third kappa shape index (κ3) is 72.4. The van der Waals surface area contributed by atoms with Crippen molar-refractivity contribution in [3.05, 3.63) is 0 Å². The Bertz CT molecular complexity index is 1890. The van der Waals surface area contributed by atoms with Crippen LogP contribution in [-0.2, 0) is 65.4 Å². The number of phosphoric acid groups is 2. The van der Waals surface area contributed by atoms with Gasteiger partial charge in [0.15, 0.2) is 12.2 Å². The number of unbranched alkanes of at least 4 members (excludes halogenated alkanes) is 48. The van der Waals surface area contributed by atoms with Crippen molar-refractivity contribution >= 4 is 39.5 Å². The Hall–Kier alpha value is -1.94. The van der Waals surface area contributed by atoms with Gasteiger partial charge in [-0.25, -0.2) is 9.13 Å². The molecule has 0 spiro atoms. The van der Waals surface area contributed by atoms with Gasteiger partial charge in [0.25, 0.3) is 0 Å². The summed E-state index contributed by atoms with van der Waals surface area (Å²) in [5.74, 6) is -0.692. The number of carbonyl (C=O) groups excluding carboxylic acids is 4. The molecule has 0 amide bonds. The summed E-state index contributed by atoms with van der Waals surface area (Å²) in [6.45, 7) is 9.52. The number of hydrogen-bond donors (Lipinski definition) is 3. The molecule has 582 valence electrons. The molecule has 2 unspecified atom stereocenters. The summed E-state index contributed by atoms with van der Waals surface area (Å²) < 4.78 is 68.6. The zero-order chi connectivity index (χ0) is 72.1. The lowest BCUT2D eigenvalue weighted by atomic mass is 10.0. The first-order chi connectivity index (χ1) is 47.4. The van der Waals surface area contributed by atoms with Crippen molar-refractivity contribution < 1.29 is 80.2 Å². The quantitative estimate of drug-likeness (QED) is 0.0222. The van der Waals surface area contributed by atoms with E-state index >= 15 is 0 Å². The molecule has 0 aromatic rings. The highest BCUT2D eigenvalue weighted by Gasteiger charge is 2.30. The summed E-state index contributed by atoms with van der Waals surface area (Å²) in [4.78, 5) is 72.9. The average molecular weight is 1440 g/mol. The molecule has 17 nitrogen and oxygen atoms in total. The molecular formula is C79H154O17P2. The van der Waals surface area contributed by atoms with E-state index in [1.807, 2.05) is 0 Å². The summed E-state index contributed by atoms with van der Waals surface area (Å²) in [5, 5.41) is 10.6. The SMILES string of the molecule is CCCCCCCCCCCCCCCCCCCCCCC(=O)O[C@H](COC(=O)CCCCCCCCCCCCCCCCCCC)COP(=O)(O)OC[C@@H](O)COP(=O)(O)OC[C@@H](COC(=O)CCCCCCCCCC(C)C)OC(=O)CCCCCCCCCCC(C)C. The first-order valence-corrected chi connectivity index (χ1v) is 44.0. The van der Waals surface area contributed by atoms with Crippen molar-refractivity contribution in [2.75, 3.05) is 39.6 Å². The molecule has 0 saturated carbocycles. The zero-order valence-electron chi connectivity index (χ0n) is 64.1. The Morgan fingerprint density at radius 1 is 0.276 bits per heavy atom. The minimum Gasteiger partial charge on any atom is -0.462 e. The third-order valence-corrected chi connectivity index (χ3v) is 20.4.